The minimum Gasteiger partial charge on any atom is -0.299 e. The van der Waals surface area contributed by atoms with E-state index in [9.17, 15) is 0 Å². The molecule has 2 aromatic heterocycles. The van der Waals surface area contributed by atoms with Gasteiger partial charge in [0.05, 0.1) is 15.6 Å². The number of H-pyrrole nitrogens is 1. The molecule has 0 spiro atoms. The van der Waals surface area contributed by atoms with Gasteiger partial charge in [0, 0.05) is 12.5 Å². The number of nitrogens with zero attached hydrogens (tertiary/aromatic N) is 3. The van der Waals surface area contributed by atoms with E-state index in [-0.39, 0.29) is 0 Å². The van der Waals surface area contributed by atoms with Gasteiger partial charge in [-0.15, -0.1) is 11.3 Å². The standard InChI is InChI=1S/C14H20N4S2/c1-4-7-18-12(16-17-14(18)19)11-10(8(2)3)15-13(20-11)9-5-6-9/h8-9H,4-7H2,1-3H3,(H,17,19). The smallest absolute Gasteiger partial charge is 0.195 e. The predicted octanol–water partition coefficient (Wildman–Crippen LogP) is 4.47. The fourth-order valence-electron chi connectivity index (χ4n) is 2.33. The summed E-state index contributed by atoms with van der Waals surface area (Å²) in [7, 11) is 0. The van der Waals surface area contributed by atoms with E-state index in [1.807, 2.05) is 0 Å². The number of aromatic nitrogens is 4. The first-order chi connectivity index (χ1) is 9.61. The van der Waals surface area contributed by atoms with Crippen molar-refractivity contribution in [3.05, 3.63) is 15.5 Å². The summed E-state index contributed by atoms with van der Waals surface area (Å²) < 4.78 is 2.81. The van der Waals surface area contributed by atoms with Gasteiger partial charge < -0.3 is 0 Å². The van der Waals surface area contributed by atoms with Crippen molar-refractivity contribution in [2.24, 2.45) is 0 Å². The lowest BCUT2D eigenvalue weighted by Crippen LogP contribution is -2.01. The molecule has 0 unspecified atom stereocenters. The lowest BCUT2D eigenvalue weighted by atomic mass is 10.1. The summed E-state index contributed by atoms with van der Waals surface area (Å²) in [6.07, 6.45) is 3.62. The molecule has 108 valence electrons. The molecule has 0 saturated heterocycles. The van der Waals surface area contributed by atoms with E-state index in [0.717, 1.165) is 18.8 Å². The molecule has 4 nitrogen and oxygen atoms in total. The maximum Gasteiger partial charge on any atom is 0.195 e. The molecule has 1 saturated carbocycles. The van der Waals surface area contributed by atoms with Crippen LogP contribution in [0.15, 0.2) is 0 Å². The highest BCUT2D eigenvalue weighted by Gasteiger charge is 2.30. The number of aromatic amines is 1. The summed E-state index contributed by atoms with van der Waals surface area (Å²) in [4.78, 5) is 6.07. The van der Waals surface area contributed by atoms with Crippen molar-refractivity contribution in [1.82, 2.24) is 19.7 Å². The van der Waals surface area contributed by atoms with Gasteiger partial charge in [-0.05, 0) is 37.4 Å². The predicted molar refractivity (Wildman–Crippen MR) is 84.9 cm³/mol. The molecule has 3 rings (SSSR count). The highest BCUT2D eigenvalue weighted by molar-refractivity contribution is 7.71. The average Bonchev–Trinajstić information content (AvgIpc) is 3.07. The Morgan fingerprint density at radius 2 is 2.20 bits per heavy atom. The molecule has 1 aliphatic rings. The maximum atomic E-state index is 5.35. The Balaban J connectivity index is 2.10. The number of thiazole rings is 1. The zero-order valence-corrected chi connectivity index (χ0v) is 13.8. The topological polar surface area (TPSA) is 46.5 Å². The lowest BCUT2D eigenvalue weighted by molar-refractivity contribution is 0.674. The number of hydrogen-bond donors (Lipinski definition) is 1. The molecule has 1 N–H and O–H groups in total. The van der Waals surface area contributed by atoms with Crippen molar-refractivity contribution in [2.45, 2.75) is 58.4 Å². The molecule has 1 aliphatic carbocycles. The van der Waals surface area contributed by atoms with Crippen molar-refractivity contribution in [1.29, 1.82) is 0 Å². The third-order valence-electron chi connectivity index (χ3n) is 3.55. The van der Waals surface area contributed by atoms with Crippen LogP contribution < -0.4 is 0 Å². The van der Waals surface area contributed by atoms with E-state index in [1.165, 1.54) is 28.4 Å². The highest BCUT2D eigenvalue weighted by Crippen LogP contribution is 2.45. The summed E-state index contributed by atoms with van der Waals surface area (Å²) in [5, 5.41) is 8.67. The number of nitrogens with one attached hydrogen (secondary N) is 1. The van der Waals surface area contributed by atoms with Gasteiger partial charge in [0.15, 0.2) is 10.6 Å². The summed E-state index contributed by atoms with van der Waals surface area (Å²) in [5.41, 5.74) is 1.17. The Bertz CT molecular complexity index is 661. The maximum absolute atomic E-state index is 5.35. The van der Waals surface area contributed by atoms with Crippen molar-refractivity contribution < 1.29 is 0 Å². The summed E-state index contributed by atoms with van der Waals surface area (Å²) in [6.45, 7) is 7.45. The molecule has 0 aliphatic heterocycles. The minimum absolute atomic E-state index is 0.411. The van der Waals surface area contributed by atoms with Gasteiger partial charge in [0.1, 0.15) is 0 Å². The molecule has 0 radical (unpaired) electrons. The third-order valence-corrected chi connectivity index (χ3v) is 5.09. The molecule has 6 heteroatoms. The van der Waals surface area contributed by atoms with E-state index in [4.69, 9.17) is 17.2 Å². The van der Waals surface area contributed by atoms with Crippen LogP contribution in [0.3, 0.4) is 0 Å². The molecule has 2 heterocycles. The van der Waals surface area contributed by atoms with Crippen molar-refractivity contribution >= 4 is 23.6 Å². The normalized spacial score (nSPS) is 15.2. The van der Waals surface area contributed by atoms with Crippen LogP contribution in [0.2, 0.25) is 0 Å². The fourth-order valence-corrected chi connectivity index (χ4v) is 3.94. The second kappa shape index (κ2) is 5.41. The van der Waals surface area contributed by atoms with Gasteiger partial charge in [-0.3, -0.25) is 9.67 Å². The van der Waals surface area contributed by atoms with E-state index in [0.29, 0.717) is 16.6 Å². The molecule has 0 bridgehead atoms. The van der Waals surface area contributed by atoms with Crippen LogP contribution in [0.1, 0.15) is 62.6 Å². The monoisotopic (exact) mass is 308 g/mol. The Hall–Kier alpha value is -1.01. The zero-order chi connectivity index (χ0) is 14.3. The minimum atomic E-state index is 0.411. The van der Waals surface area contributed by atoms with Crippen molar-refractivity contribution in [3.63, 3.8) is 0 Å². The van der Waals surface area contributed by atoms with Gasteiger partial charge in [-0.1, -0.05) is 20.8 Å². The largest absolute Gasteiger partial charge is 0.299 e. The first kappa shape index (κ1) is 13.9. The number of hydrogen-bond acceptors (Lipinski definition) is 4. The summed E-state index contributed by atoms with van der Waals surface area (Å²) in [6, 6.07) is 0. The molecule has 2 aromatic rings. The van der Waals surface area contributed by atoms with Gasteiger partial charge in [-0.25, -0.2) is 4.98 Å². The van der Waals surface area contributed by atoms with Crippen LogP contribution in [0.5, 0.6) is 0 Å². The quantitative estimate of drug-likeness (QED) is 0.829. The van der Waals surface area contributed by atoms with Crippen LogP contribution in [0.25, 0.3) is 10.7 Å². The molecule has 0 atom stereocenters. The van der Waals surface area contributed by atoms with Crippen LogP contribution in [-0.2, 0) is 6.54 Å². The van der Waals surface area contributed by atoms with Gasteiger partial charge in [0.2, 0.25) is 0 Å². The summed E-state index contributed by atoms with van der Waals surface area (Å²) >= 11 is 7.15. The number of rotatable bonds is 5. The second-order valence-electron chi connectivity index (χ2n) is 5.70. The van der Waals surface area contributed by atoms with Gasteiger partial charge in [-0.2, -0.15) is 5.10 Å². The third kappa shape index (κ3) is 2.46. The Kier molecular flexibility index (Phi) is 3.77. The summed E-state index contributed by atoms with van der Waals surface area (Å²) in [5.74, 6) is 2.06. The lowest BCUT2D eigenvalue weighted by Gasteiger charge is -2.06. The van der Waals surface area contributed by atoms with E-state index >= 15 is 0 Å². The van der Waals surface area contributed by atoms with Crippen molar-refractivity contribution in [2.75, 3.05) is 0 Å². The van der Waals surface area contributed by atoms with Crippen LogP contribution in [0.4, 0.5) is 0 Å². The SMILES string of the molecule is CCCn1c(-c2sc(C3CC3)nc2C(C)C)n[nH]c1=S. The molecule has 0 amide bonds. The van der Waals surface area contributed by atoms with Crippen molar-refractivity contribution in [3.8, 4) is 10.7 Å². The first-order valence-electron chi connectivity index (χ1n) is 7.28. The molecule has 1 fully saturated rings. The average molecular weight is 308 g/mol. The Morgan fingerprint density at radius 1 is 1.45 bits per heavy atom. The highest BCUT2D eigenvalue weighted by atomic mass is 32.1. The van der Waals surface area contributed by atoms with E-state index < -0.39 is 0 Å². The first-order valence-corrected chi connectivity index (χ1v) is 8.50. The van der Waals surface area contributed by atoms with Gasteiger partial charge in [0.25, 0.3) is 0 Å². The van der Waals surface area contributed by atoms with Crippen LogP contribution in [0, 0.1) is 4.77 Å². The van der Waals surface area contributed by atoms with E-state index in [2.05, 4.69) is 35.5 Å². The zero-order valence-electron chi connectivity index (χ0n) is 12.1. The fraction of sp³-hybridized carbons (Fsp3) is 0.643. The van der Waals surface area contributed by atoms with Crippen LogP contribution >= 0.6 is 23.6 Å². The second-order valence-corrected chi connectivity index (χ2v) is 7.12. The molecule has 0 aromatic carbocycles. The molecule has 20 heavy (non-hydrogen) atoms. The van der Waals surface area contributed by atoms with E-state index in [1.54, 1.807) is 11.3 Å². The van der Waals surface area contributed by atoms with Crippen LogP contribution in [-0.4, -0.2) is 19.7 Å². The Morgan fingerprint density at radius 3 is 2.80 bits per heavy atom. The molecular formula is C14H20N4S2. The Labute approximate surface area is 128 Å². The molecular weight excluding hydrogens is 288 g/mol. The van der Waals surface area contributed by atoms with Gasteiger partial charge >= 0.3 is 0 Å².